The van der Waals surface area contributed by atoms with Crippen molar-refractivity contribution in [2.75, 3.05) is 11.1 Å². The van der Waals surface area contributed by atoms with Gasteiger partial charge >= 0.3 is 0 Å². The maximum atomic E-state index is 12.1. The molecule has 0 aromatic heterocycles. The molecule has 2 rings (SSSR count). The fourth-order valence-corrected chi connectivity index (χ4v) is 2.34. The summed E-state index contributed by atoms with van der Waals surface area (Å²) in [5.74, 6) is -0.239. The predicted molar refractivity (Wildman–Crippen MR) is 78.0 cm³/mol. The summed E-state index contributed by atoms with van der Waals surface area (Å²) in [6.07, 6.45) is 0. The molecule has 0 unspecified atom stereocenters. The number of nitrogen functional groups attached to an aromatic ring is 1. The van der Waals surface area contributed by atoms with Gasteiger partial charge in [-0.2, -0.15) is 0 Å². The van der Waals surface area contributed by atoms with Gasteiger partial charge in [0.05, 0.1) is 16.9 Å². The van der Waals surface area contributed by atoms with Crippen molar-refractivity contribution < 1.29 is 4.79 Å². The van der Waals surface area contributed by atoms with Gasteiger partial charge < -0.3 is 11.1 Å². The number of halogens is 2. The fourth-order valence-electron chi connectivity index (χ4n) is 1.47. The molecule has 5 heteroatoms. The van der Waals surface area contributed by atoms with Crippen molar-refractivity contribution in [2.45, 2.75) is 0 Å². The lowest BCUT2D eigenvalue weighted by Gasteiger charge is -2.09. The molecule has 0 spiro atoms. The number of para-hydroxylation sites is 2. The summed E-state index contributed by atoms with van der Waals surface area (Å²) < 4.78 is 0.641. The lowest BCUT2D eigenvalue weighted by Crippen LogP contribution is -2.13. The van der Waals surface area contributed by atoms with E-state index in [1.807, 2.05) is 12.1 Å². The van der Waals surface area contributed by atoms with Crippen molar-refractivity contribution in [1.29, 1.82) is 0 Å². The second-order valence-corrected chi connectivity index (χ2v) is 4.96. The zero-order valence-corrected chi connectivity index (χ0v) is 11.6. The summed E-state index contributed by atoms with van der Waals surface area (Å²) in [5.41, 5.74) is 7.38. The minimum Gasteiger partial charge on any atom is -0.397 e. The van der Waals surface area contributed by atoms with Gasteiger partial charge in [-0.1, -0.05) is 23.7 Å². The number of amides is 1. The van der Waals surface area contributed by atoms with Crippen LogP contribution in [-0.4, -0.2) is 5.91 Å². The molecule has 18 heavy (non-hydrogen) atoms. The summed E-state index contributed by atoms with van der Waals surface area (Å²) in [6.45, 7) is 0. The first-order chi connectivity index (χ1) is 8.58. The Morgan fingerprint density at radius 2 is 1.94 bits per heavy atom. The lowest BCUT2D eigenvalue weighted by molar-refractivity contribution is 0.102. The maximum Gasteiger partial charge on any atom is 0.256 e. The zero-order chi connectivity index (χ0) is 13.1. The molecule has 0 aliphatic heterocycles. The predicted octanol–water partition coefficient (Wildman–Crippen LogP) is 3.94. The molecule has 2 aromatic rings. The van der Waals surface area contributed by atoms with Crippen molar-refractivity contribution >= 4 is 44.8 Å². The van der Waals surface area contributed by atoms with E-state index in [1.165, 1.54) is 0 Å². The van der Waals surface area contributed by atoms with E-state index in [4.69, 9.17) is 17.3 Å². The van der Waals surface area contributed by atoms with Gasteiger partial charge in [-0.15, -0.1) is 0 Å². The average Bonchev–Trinajstić information content (AvgIpc) is 2.32. The number of carbonyl (C=O) groups is 1. The Balaban J connectivity index is 2.25. The Hall–Kier alpha value is -1.52. The monoisotopic (exact) mass is 324 g/mol. The summed E-state index contributed by atoms with van der Waals surface area (Å²) in [6, 6.07) is 12.1. The molecule has 0 saturated carbocycles. The molecular weight excluding hydrogens is 316 g/mol. The largest absolute Gasteiger partial charge is 0.397 e. The van der Waals surface area contributed by atoms with Crippen LogP contribution >= 0.6 is 27.5 Å². The molecule has 3 N–H and O–H groups in total. The molecule has 1 amide bonds. The molecule has 0 aliphatic carbocycles. The highest BCUT2D eigenvalue weighted by molar-refractivity contribution is 9.10. The highest BCUT2D eigenvalue weighted by atomic mass is 79.9. The van der Waals surface area contributed by atoms with Crippen LogP contribution in [0, 0.1) is 0 Å². The highest BCUT2D eigenvalue weighted by Crippen LogP contribution is 2.24. The van der Waals surface area contributed by atoms with Crippen LogP contribution in [0.25, 0.3) is 0 Å². The number of nitrogens with one attached hydrogen (secondary N) is 1. The second kappa shape index (κ2) is 5.42. The molecular formula is C13H10BrClN2O. The van der Waals surface area contributed by atoms with Gasteiger partial charge in [-0.25, -0.2) is 0 Å². The molecule has 0 fully saturated rings. The van der Waals surface area contributed by atoms with Crippen LogP contribution in [-0.2, 0) is 0 Å². The third-order valence-corrected chi connectivity index (χ3v) is 3.28. The van der Waals surface area contributed by atoms with E-state index in [-0.39, 0.29) is 5.91 Å². The Morgan fingerprint density at radius 3 is 2.61 bits per heavy atom. The van der Waals surface area contributed by atoms with E-state index in [1.54, 1.807) is 30.3 Å². The molecule has 0 atom stereocenters. The van der Waals surface area contributed by atoms with Crippen LogP contribution in [0.4, 0.5) is 11.4 Å². The third-order valence-electron chi connectivity index (χ3n) is 2.38. The van der Waals surface area contributed by atoms with Gasteiger partial charge in [-0.3, -0.25) is 4.79 Å². The maximum absolute atomic E-state index is 12.1. The number of hydrogen-bond donors (Lipinski definition) is 2. The highest BCUT2D eigenvalue weighted by Gasteiger charge is 2.11. The molecule has 0 radical (unpaired) electrons. The van der Waals surface area contributed by atoms with E-state index in [2.05, 4.69) is 21.2 Å². The summed E-state index contributed by atoms with van der Waals surface area (Å²) in [7, 11) is 0. The topological polar surface area (TPSA) is 55.1 Å². The lowest BCUT2D eigenvalue weighted by atomic mass is 10.2. The average molecular weight is 326 g/mol. The second-order valence-electron chi connectivity index (χ2n) is 3.67. The number of nitrogens with two attached hydrogens (primary N) is 1. The molecule has 0 saturated heterocycles. The SMILES string of the molecule is Nc1ccccc1NC(=O)c1ccc(Cl)cc1Br. The van der Waals surface area contributed by atoms with E-state index in [0.717, 1.165) is 0 Å². The van der Waals surface area contributed by atoms with Crippen LogP contribution in [0.15, 0.2) is 46.9 Å². The summed E-state index contributed by atoms with van der Waals surface area (Å²) in [5, 5.41) is 3.32. The van der Waals surface area contributed by atoms with Gasteiger partial charge in [0.2, 0.25) is 0 Å². The number of benzene rings is 2. The summed E-state index contributed by atoms with van der Waals surface area (Å²) in [4.78, 5) is 12.1. The van der Waals surface area contributed by atoms with Crippen molar-refractivity contribution in [3.8, 4) is 0 Å². The van der Waals surface area contributed by atoms with Gasteiger partial charge in [0.25, 0.3) is 5.91 Å². The minimum absolute atomic E-state index is 0.239. The number of carbonyl (C=O) groups excluding carboxylic acids is 1. The normalized spacial score (nSPS) is 10.1. The van der Waals surface area contributed by atoms with E-state index < -0.39 is 0 Å². The van der Waals surface area contributed by atoms with Crippen LogP contribution < -0.4 is 11.1 Å². The van der Waals surface area contributed by atoms with Crippen molar-refractivity contribution in [3.05, 3.63) is 57.5 Å². The van der Waals surface area contributed by atoms with Gasteiger partial charge in [0, 0.05) is 9.50 Å². The van der Waals surface area contributed by atoms with E-state index in [0.29, 0.717) is 26.4 Å². The number of hydrogen-bond acceptors (Lipinski definition) is 2. The zero-order valence-electron chi connectivity index (χ0n) is 9.28. The van der Waals surface area contributed by atoms with E-state index in [9.17, 15) is 4.79 Å². The van der Waals surface area contributed by atoms with Crippen molar-refractivity contribution in [3.63, 3.8) is 0 Å². The molecule has 0 heterocycles. The third kappa shape index (κ3) is 2.83. The first kappa shape index (κ1) is 12.9. The smallest absolute Gasteiger partial charge is 0.256 e. The Labute approximate surface area is 118 Å². The van der Waals surface area contributed by atoms with Crippen molar-refractivity contribution in [2.24, 2.45) is 0 Å². The van der Waals surface area contributed by atoms with Crippen LogP contribution in [0.5, 0.6) is 0 Å². The quantitative estimate of drug-likeness (QED) is 0.822. The summed E-state index contributed by atoms with van der Waals surface area (Å²) >= 11 is 9.13. The Kier molecular flexibility index (Phi) is 3.89. The Bertz CT molecular complexity index is 601. The van der Waals surface area contributed by atoms with Crippen molar-refractivity contribution in [1.82, 2.24) is 0 Å². The molecule has 3 nitrogen and oxygen atoms in total. The first-order valence-electron chi connectivity index (χ1n) is 5.19. The van der Waals surface area contributed by atoms with E-state index >= 15 is 0 Å². The van der Waals surface area contributed by atoms with Gasteiger partial charge in [-0.05, 0) is 46.3 Å². The van der Waals surface area contributed by atoms with Gasteiger partial charge in [0.15, 0.2) is 0 Å². The molecule has 2 aromatic carbocycles. The molecule has 92 valence electrons. The number of anilines is 2. The fraction of sp³-hybridized carbons (Fsp3) is 0. The Morgan fingerprint density at radius 1 is 1.22 bits per heavy atom. The number of rotatable bonds is 2. The minimum atomic E-state index is -0.239. The van der Waals surface area contributed by atoms with Crippen LogP contribution in [0.3, 0.4) is 0 Å². The van der Waals surface area contributed by atoms with Gasteiger partial charge in [0.1, 0.15) is 0 Å². The van der Waals surface area contributed by atoms with Crippen LogP contribution in [0.1, 0.15) is 10.4 Å². The molecule has 0 bridgehead atoms. The van der Waals surface area contributed by atoms with Crippen LogP contribution in [0.2, 0.25) is 5.02 Å². The standard InChI is InChI=1S/C13H10BrClN2O/c14-10-7-8(15)5-6-9(10)13(18)17-12-4-2-1-3-11(12)16/h1-7H,16H2,(H,17,18). The first-order valence-corrected chi connectivity index (χ1v) is 6.36. The molecule has 0 aliphatic rings.